The smallest absolute Gasteiger partial charge is 0.231 e. The predicted molar refractivity (Wildman–Crippen MR) is 81.3 cm³/mol. The third-order valence-corrected chi connectivity index (χ3v) is 7.42. The number of epoxide rings is 1. The second-order valence-corrected chi connectivity index (χ2v) is 8.39. The lowest BCUT2D eigenvalue weighted by Gasteiger charge is -2.15. The molecule has 7 heteroatoms. The van der Waals surface area contributed by atoms with Gasteiger partial charge in [-0.05, 0) is 24.7 Å². The number of rotatable bonds is 0. The molecule has 10 atom stereocenters. The van der Waals surface area contributed by atoms with Crippen molar-refractivity contribution in [2.24, 2.45) is 47.3 Å². The number of imide groups is 2. The molecule has 130 valence electrons. The Bertz CT molecular complexity index is 717. The van der Waals surface area contributed by atoms with Gasteiger partial charge in [-0.15, -0.1) is 0 Å². The molecule has 7 aliphatic rings. The van der Waals surface area contributed by atoms with Gasteiger partial charge < -0.3 is 4.74 Å². The summed E-state index contributed by atoms with van der Waals surface area (Å²) >= 11 is 0. The van der Waals surface area contributed by atoms with E-state index in [0.717, 1.165) is 12.8 Å². The van der Waals surface area contributed by atoms with Gasteiger partial charge in [0.15, 0.2) is 0 Å². The number of amides is 4. The zero-order valence-corrected chi connectivity index (χ0v) is 13.4. The van der Waals surface area contributed by atoms with Gasteiger partial charge in [0.1, 0.15) is 0 Å². The van der Waals surface area contributed by atoms with Crippen molar-refractivity contribution < 1.29 is 23.9 Å². The summed E-state index contributed by atoms with van der Waals surface area (Å²) in [6.45, 7) is 0. The number of allylic oxidation sites excluding steroid dienone is 2. The van der Waals surface area contributed by atoms with Crippen LogP contribution in [0.5, 0.6) is 0 Å². The first-order valence-corrected chi connectivity index (χ1v) is 9.08. The van der Waals surface area contributed by atoms with Crippen LogP contribution in [0.1, 0.15) is 12.8 Å². The molecule has 7 nitrogen and oxygen atoms in total. The second kappa shape index (κ2) is 4.38. The zero-order valence-electron chi connectivity index (χ0n) is 13.4. The van der Waals surface area contributed by atoms with E-state index in [1.807, 2.05) is 0 Å². The molecule has 3 heterocycles. The molecule has 2 N–H and O–H groups in total. The highest BCUT2D eigenvalue weighted by atomic mass is 16.6. The number of carbonyl (C=O) groups is 4. The maximum atomic E-state index is 11.4. The van der Waals surface area contributed by atoms with Gasteiger partial charge in [0.25, 0.3) is 0 Å². The summed E-state index contributed by atoms with van der Waals surface area (Å²) in [4.78, 5) is 45.4. The van der Waals surface area contributed by atoms with Crippen LogP contribution in [-0.4, -0.2) is 35.8 Å². The minimum atomic E-state index is -0.0588. The van der Waals surface area contributed by atoms with Crippen LogP contribution < -0.4 is 10.6 Å². The first-order valence-electron chi connectivity index (χ1n) is 9.08. The average molecular weight is 342 g/mol. The van der Waals surface area contributed by atoms with E-state index < -0.39 is 0 Å². The molecular formula is C18H18N2O5. The number of nitrogens with one attached hydrogen (secondary N) is 2. The van der Waals surface area contributed by atoms with Crippen LogP contribution in [0.2, 0.25) is 0 Å². The van der Waals surface area contributed by atoms with Gasteiger partial charge in [-0.1, -0.05) is 12.2 Å². The Labute approximate surface area is 143 Å². The highest BCUT2D eigenvalue weighted by Crippen LogP contribution is 2.62. The number of carbonyl (C=O) groups excluding carboxylic acids is 4. The van der Waals surface area contributed by atoms with Crippen LogP contribution >= 0.6 is 0 Å². The van der Waals surface area contributed by atoms with Gasteiger partial charge in [0.05, 0.1) is 35.9 Å². The maximum Gasteiger partial charge on any atom is 0.231 e. The minimum Gasteiger partial charge on any atom is -0.369 e. The van der Waals surface area contributed by atoms with Crippen molar-refractivity contribution in [3.05, 3.63) is 12.2 Å². The molecule has 3 saturated carbocycles. The summed E-state index contributed by atoms with van der Waals surface area (Å²) in [5, 5.41) is 4.83. The topological polar surface area (TPSA) is 105 Å². The van der Waals surface area contributed by atoms with Gasteiger partial charge in [0.2, 0.25) is 23.6 Å². The fourth-order valence-corrected chi connectivity index (χ4v) is 6.47. The van der Waals surface area contributed by atoms with Crippen molar-refractivity contribution in [1.29, 1.82) is 0 Å². The lowest BCUT2D eigenvalue weighted by Crippen LogP contribution is -2.29. The molecule has 0 unspecified atom stereocenters. The van der Waals surface area contributed by atoms with E-state index in [9.17, 15) is 19.2 Å². The third-order valence-electron chi connectivity index (χ3n) is 7.42. The summed E-state index contributed by atoms with van der Waals surface area (Å²) < 4.78 is 5.44. The first kappa shape index (κ1) is 14.2. The summed E-state index contributed by atoms with van der Waals surface area (Å²) in [7, 11) is 0. The average Bonchev–Trinajstić information content (AvgIpc) is 3.09. The number of hydrogen-bond donors (Lipinski definition) is 2. The van der Waals surface area contributed by atoms with E-state index in [1.165, 1.54) is 0 Å². The van der Waals surface area contributed by atoms with E-state index in [4.69, 9.17) is 4.74 Å². The van der Waals surface area contributed by atoms with Crippen LogP contribution in [-0.2, 0) is 23.9 Å². The van der Waals surface area contributed by atoms with Gasteiger partial charge in [-0.2, -0.15) is 0 Å². The molecule has 3 aliphatic heterocycles. The molecule has 25 heavy (non-hydrogen) atoms. The lowest BCUT2D eigenvalue weighted by atomic mass is 9.81. The van der Waals surface area contributed by atoms with Crippen molar-refractivity contribution in [1.82, 2.24) is 10.6 Å². The molecule has 3 saturated heterocycles. The Morgan fingerprint density at radius 3 is 1.60 bits per heavy atom. The summed E-state index contributed by atoms with van der Waals surface area (Å²) in [5.74, 6) is 0.954. The van der Waals surface area contributed by atoms with Crippen LogP contribution in [0.15, 0.2) is 12.2 Å². The fraction of sp³-hybridized carbons (Fsp3) is 0.667. The van der Waals surface area contributed by atoms with Crippen LogP contribution in [0.25, 0.3) is 0 Å². The fourth-order valence-electron chi connectivity index (χ4n) is 6.47. The molecular weight excluding hydrogens is 324 g/mol. The summed E-state index contributed by atoms with van der Waals surface area (Å²) in [6, 6.07) is 0. The zero-order chi connectivity index (χ0) is 17.0. The lowest BCUT2D eigenvalue weighted by molar-refractivity contribution is -0.128. The van der Waals surface area contributed by atoms with E-state index in [1.54, 1.807) is 0 Å². The van der Waals surface area contributed by atoms with Crippen molar-refractivity contribution in [2.75, 3.05) is 0 Å². The van der Waals surface area contributed by atoms with Crippen LogP contribution in [0.3, 0.4) is 0 Å². The van der Waals surface area contributed by atoms with Gasteiger partial charge >= 0.3 is 0 Å². The number of fused-ring (bicyclic) bond motifs is 13. The largest absolute Gasteiger partial charge is 0.369 e. The molecule has 0 aromatic rings. The highest BCUT2D eigenvalue weighted by Gasteiger charge is 2.72. The monoisotopic (exact) mass is 342 g/mol. The van der Waals surface area contributed by atoms with E-state index in [2.05, 4.69) is 22.8 Å². The number of hydrogen-bond acceptors (Lipinski definition) is 5. The van der Waals surface area contributed by atoms with Gasteiger partial charge in [-0.3, -0.25) is 29.8 Å². The van der Waals surface area contributed by atoms with E-state index in [-0.39, 0.29) is 47.3 Å². The second-order valence-electron chi connectivity index (χ2n) is 8.39. The van der Waals surface area contributed by atoms with E-state index >= 15 is 0 Å². The third kappa shape index (κ3) is 1.65. The maximum absolute atomic E-state index is 11.4. The Kier molecular flexibility index (Phi) is 2.49. The normalized spacial score (nSPS) is 54.7. The highest BCUT2D eigenvalue weighted by molar-refractivity contribution is 6.06. The minimum absolute atomic E-state index is 0.0347. The Morgan fingerprint density at radius 1 is 0.680 bits per heavy atom. The van der Waals surface area contributed by atoms with Crippen molar-refractivity contribution >= 4 is 23.6 Å². The van der Waals surface area contributed by atoms with Crippen molar-refractivity contribution in [2.45, 2.75) is 25.0 Å². The molecule has 0 spiro atoms. The van der Waals surface area contributed by atoms with E-state index in [0.29, 0.717) is 35.9 Å². The summed E-state index contributed by atoms with van der Waals surface area (Å²) in [5.41, 5.74) is 0. The molecule has 0 aromatic carbocycles. The molecule has 7 rings (SSSR count). The first-order chi connectivity index (χ1) is 12.0. The molecule has 4 bridgehead atoms. The molecule has 0 radical (unpaired) electrons. The Hall–Kier alpha value is -2.02. The number of ether oxygens (including phenoxy) is 1. The SMILES string of the molecule is O=C1NC(=O)[C@H]2[C@@H]1[C@@H]1C=C[C@H]2C1.O=C1NC(=O)[C@H]2[C@H]3C[C@H]([C@@H]4O[C@H]34)[C@@H]12. The van der Waals surface area contributed by atoms with Gasteiger partial charge in [-0.25, -0.2) is 0 Å². The standard InChI is InChI=1S/C9H9NO3.C9H9NO2/c11-8-4-2-1-3(7-6(2)13-7)5(4)9(12)10-8;11-8-6-4-1-2-5(3-4)7(6)9(12)10-8/h2-7H,1H2,(H,10,11,12);1-2,4-7H,3H2,(H,10,11,12)/t2-,3+,4+,5-,6-,7+;4-,5+,6+,7-. The van der Waals surface area contributed by atoms with Crippen LogP contribution in [0, 0.1) is 47.3 Å². The molecule has 0 aromatic heterocycles. The quantitative estimate of drug-likeness (QED) is 0.347. The summed E-state index contributed by atoms with van der Waals surface area (Å²) in [6.07, 6.45) is 6.83. The van der Waals surface area contributed by atoms with Crippen molar-refractivity contribution in [3.8, 4) is 0 Å². The van der Waals surface area contributed by atoms with Gasteiger partial charge in [0, 0.05) is 11.8 Å². The van der Waals surface area contributed by atoms with Crippen molar-refractivity contribution in [3.63, 3.8) is 0 Å². The van der Waals surface area contributed by atoms with Crippen LogP contribution in [0.4, 0.5) is 0 Å². The Balaban J connectivity index is 0.000000103. The predicted octanol–water partition coefficient (Wildman–Crippen LogP) is -0.627. The molecule has 4 aliphatic carbocycles. The molecule has 4 amide bonds. The molecule has 6 fully saturated rings. The Morgan fingerprint density at radius 2 is 1.12 bits per heavy atom.